The van der Waals surface area contributed by atoms with Gasteiger partial charge in [-0.05, 0) is 12.1 Å². The topological polar surface area (TPSA) is 137 Å². The minimum atomic E-state index is -4.93. The summed E-state index contributed by atoms with van der Waals surface area (Å²) < 4.78 is 64.4. The molecular weight excluding hydrogens is 344 g/mol. The number of rotatable bonds is 3. The molecular formula is C13H10N2O6S2. The minimum Gasteiger partial charge on any atom is -0.338 e. The fourth-order valence-electron chi connectivity index (χ4n) is 2.22. The van der Waals surface area contributed by atoms with Crippen molar-refractivity contribution >= 4 is 31.3 Å². The van der Waals surface area contributed by atoms with Gasteiger partial charge in [-0.3, -0.25) is 9.11 Å². The normalized spacial score (nSPS) is 12.6. The van der Waals surface area contributed by atoms with Crippen LogP contribution in [0, 0.1) is 0 Å². The first-order valence-corrected chi connectivity index (χ1v) is 9.09. The second-order valence-corrected chi connectivity index (χ2v) is 7.44. The van der Waals surface area contributed by atoms with Crippen LogP contribution in [0.5, 0.6) is 0 Å². The molecule has 3 N–H and O–H groups in total. The van der Waals surface area contributed by atoms with Crippen molar-refractivity contribution in [3.8, 4) is 11.4 Å². The molecule has 1 aromatic heterocycles. The Hall–Kier alpha value is -2.27. The second kappa shape index (κ2) is 5.13. The van der Waals surface area contributed by atoms with Gasteiger partial charge in [0.05, 0.1) is 5.52 Å². The van der Waals surface area contributed by atoms with Gasteiger partial charge in [0, 0.05) is 5.56 Å². The molecule has 0 saturated carbocycles. The number of aromatic nitrogens is 2. The van der Waals surface area contributed by atoms with E-state index >= 15 is 0 Å². The van der Waals surface area contributed by atoms with Gasteiger partial charge < -0.3 is 4.98 Å². The van der Waals surface area contributed by atoms with Gasteiger partial charge in [0.15, 0.2) is 0 Å². The van der Waals surface area contributed by atoms with E-state index in [1.165, 1.54) is 6.07 Å². The largest absolute Gasteiger partial charge is 0.338 e. The molecule has 0 bridgehead atoms. The Morgan fingerprint density at radius 2 is 1.52 bits per heavy atom. The van der Waals surface area contributed by atoms with Gasteiger partial charge in [0.2, 0.25) is 0 Å². The van der Waals surface area contributed by atoms with Crippen LogP contribution < -0.4 is 0 Å². The van der Waals surface area contributed by atoms with Gasteiger partial charge in [0.25, 0.3) is 20.2 Å². The van der Waals surface area contributed by atoms with Crippen LogP contribution in [0.4, 0.5) is 0 Å². The monoisotopic (exact) mass is 354 g/mol. The summed E-state index contributed by atoms with van der Waals surface area (Å²) in [5.41, 5.74) is 0.559. The smallest absolute Gasteiger partial charge is 0.298 e. The van der Waals surface area contributed by atoms with Crippen LogP contribution in [0.25, 0.3) is 22.4 Å². The third kappa shape index (κ3) is 2.84. The molecule has 8 nitrogen and oxygen atoms in total. The van der Waals surface area contributed by atoms with Crippen LogP contribution in [0.3, 0.4) is 0 Å². The van der Waals surface area contributed by atoms with E-state index in [1.807, 2.05) is 0 Å². The van der Waals surface area contributed by atoms with Crippen LogP contribution in [0.15, 0.2) is 52.3 Å². The van der Waals surface area contributed by atoms with E-state index in [-0.39, 0.29) is 16.9 Å². The van der Waals surface area contributed by atoms with Gasteiger partial charge >= 0.3 is 0 Å². The third-order valence-electron chi connectivity index (χ3n) is 3.16. The lowest BCUT2D eigenvalue weighted by atomic mass is 10.2. The SMILES string of the molecule is O=S(=O)(O)c1ccc2[nH]c(-c3ccccc3)nc2c1S(=O)(=O)O. The van der Waals surface area contributed by atoms with E-state index in [0.29, 0.717) is 5.56 Å². The molecule has 3 rings (SSSR count). The summed E-state index contributed by atoms with van der Waals surface area (Å²) >= 11 is 0. The summed E-state index contributed by atoms with van der Waals surface area (Å²) in [6.07, 6.45) is 0. The fraction of sp³-hybridized carbons (Fsp3) is 0. The number of fused-ring (bicyclic) bond motifs is 1. The summed E-state index contributed by atoms with van der Waals surface area (Å²) in [5, 5.41) is 0. The molecule has 0 radical (unpaired) electrons. The molecule has 0 spiro atoms. The lowest BCUT2D eigenvalue weighted by Gasteiger charge is -2.04. The van der Waals surface area contributed by atoms with Gasteiger partial charge in [0.1, 0.15) is 21.1 Å². The summed E-state index contributed by atoms with van der Waals surface area (Å²) in [7, 11) is -9.79. The molecule has 0 atom stereocenters. The second-order valence-electron chi connectivity index (χ2n) is 4.69. The Kier molecular flexibility index (Phi) is 3.48. The molecule has 10 heteroatoms. The first kappa shape index (κ1) is 15.6. The highest BCUT2D eigenvalue weighted by Crippen LogP contribution is 2.30. The molecule has 120 valence electrons. The Morgan fingerprint density at radius 3 is 2.09 bits per heavy atom. The molecule has 0 amide bonds. The fourth-order valence-corrected chi connectivity index (χ4v) is 4.14. The predicted molar refractivity (Wildman–Crippen MR) is 81.2 cm³/mol. The molecule has 2 aromatic carbocycles. The summed E-state index contributed by atoms with van der Waals surface area (Å²) in [6.45, 7) is 0. The predicted octanol–water partition coefficient (Wildman–Crippen LogP) is 1.72. The Bertz CT molecular complexity index is 1100. The highest BCUT2D eigenvalue weighted by Gasteiger charge is 2.28. The molecule has 1 heterocycles. The number of H-pyrrole nitrogens is 1. The Labute approximate surface area is 131 Å². The number of hydrogen-bond donors (Lipinski definition) is 3. The molecule has 0 aliphatic rings. The van der Waals surface area contributed by atoms with E-state index in [0.717, 1.165) is 6.07 Å². The highest BCUT2D eigenvalue weighted by atomic mass is 32.2. The van der Waals surface area contributed by atoms with Gasteiger partial charge in [-0.15, -0.1) is 0 Å². The maximum absolute atomic E-state index is 11.6. The number of benzene rings is 2. The quantitative estimate of drug-likeness (QED) is 0.609. The maximum atomic E-state index is 11.6. The number of hydrogen-bond acceptors (Lipinski definition) is 5. The third-order valence-corrected chi connectivity index (χ3v) is 5.11. The lowest BCUT2D eigenvalue weighted by molar-refractivity contribution is 0.467. The average Bonchev–Trinajstić information content (AvgIpc) is 2.88. The Morgan fingerprint density at radius 1 is 0.870 bits per heavy atom. The van der Waals surface area contributed by atoms with E-state index in [1.54, 1.807) is 30.3 Å². The minimum absolute atomic E-state index is 0.198. The lowest BCUT2D eigenvalue weighted by Crippen LogP contribution is -2.09. The molecule has 0 aliphatic heterocycles. The molecule has 0 saturated heterocycles. The summed E-state index contributed by atoms with van der Waals surface area (Å²) in [4.78, 5) is 5.00. The summed E-state index contributed by atoms with van der Waals surface area (Å²) in [5.74, 6) is 0.290. The number of aromatic amines is 1. The average molecular weight is 354 g/mol. The molecule has 23 heavy (non-hydrogen) atoms. The summed E-state index contributed by atoms with van der Waals surface area (Å²) in [6, 6.07) is 10.8. The zero-order valence-electron chi connectivity index (χ0n) is 11.3. The van der Waals surface area contributed by atoms with Crippen LogP contribution in [0.1, 0.15) is 0 Å². The Balaban J connectivity index is 2.41. The van der Waals surface area contributed by atoms with Gasteiger partial charge in [-0.25, -0.2) is 4.98 Å². The van der Waals surface area contributed by atoms with E-state index in [4.69, 9.17) is 0 Å². The van der Waals surface area contributed by atoms with E-state index in [9.17, 15) is 25.9 Å². The van der Waals surface area contributed by atoms with Gasteiger partial charge in [-0.2, -0.15) is 16.8 Å². The molecule has 0 fully saturated rings. The van der Waals surface area contributed by atoms with Crippen LogP contribution >= 0.6 is 0 Å². The highest BCUT2D eigenvalue weighted by molar-refractivity contribution is 7.89. The van der Waals surface area contributed by atoms with Crippen molar-refractivity contribution in [1.82, 2.24) is 9.97 Å². The molecule has 3 aromatic rings. The van der Waals surface area contributed by atoms with Crippen LogP contribution in [-0.4, -0.2) is 35.9 Å². The molecule has 0 aliphatic carbocycles. The van der Waals surface area contributed by atoms with Crippen molar-refractivity contribution in [2.75, 3.05) is 0 Å². The van der Waals surface area contributed by atoms with Crippen LogP contribution in [-0.2, 0) is 20.2 Å². The molecule has 0 unspecified atom stereocenters. The van der Waals surface area contributed by atoms with Crippen molar-refractivity contribution in [3.05, 3.63) is 42.5 Å². The van der Waals surface area contributed by atoms with Crippen molar-refractivity contribution in [2.24, 2.45) is 0 Å². The zero-order chi connectivity index (χ0) is 16.8. The number of nitrogens with one attached hydrogen (secondary N) is 1. The van der Waals surface area contributed by atoms with Crippen molar-refractivity contribution in [3.63, 3.8) is 0 Å². The first-order valence-electron chi connectivity index (χ1n) is 6.21. The van der Waals surface area contributed by atoms with E-state index < -0.39 is 30.0 Å². The van der Waals surface area contributed by atoms with Gasteiger partial charge in [-0.1, -0.05) is 30.3 Å². The maximum Gasteiger partial charge on any atom is 0.298 e. The van der Waals surface area contributed by atoms with Crippen LogP contribution in [0.2, 0.25) is 0 Å². The number of imidazole rings is 1. The van der Waals surface area contributed by atoms with Crippen molar-refractivity contribution in [1.29, 1.82) is 0 Å². The first-order chi connectivity index (χ1) is 10.7. The van der Waals surface area contributed by atoms with Crippen molar-refractivity contribution in [2.45, 2.75) is 9.79 Å². The zero-order valence-corrected chi connectivity index (χ0v) is 13.0. The number of nitrogens with zero attached hydrogens (tertiary/aromatic N) is 1. The van der Waals surface area contributed by atoms with E-state index in [2.05, 4.69) is 9.97 Å². The van der Waals surface area contributed by atoms with Crippen molar-refractivity contribution < 1.29 is 25.9 Å². The standard InChI is InChI=1S/C13H10N2O6S2/c16-22(17,18)10-7-6-9-11(12(10)23(19,20)21)15-13(14-9)8-4-2-1-3-5-8/h1-7H,(H,14,15)(H,16,17,18)(H,19,20,21).